The zero-order chi connectivity index (χ0) is 15.5. The Kier molecular flexibility index (Phi) is 5.72. The Labute approximate surface area is 131 Å². The summed E-state index contributed by atoms with van der Waals surface area (Å²) in [5, 5.41) is 3.84. The molecule has 2 heterocycles. The van der Waals surface area contributed by atoms with E-state index in [-0.39, 0.29) is 0 Å². The lowest BCUT2D eigenvalue weighted by atomic mass is 9.80. The van der Waals surface area contributed by atoms with Crippen LogP contribution in [0.5, 0.6) is 0 Å². The Bertz CT molecular complexity index is 314. The molecule has 0 aliphatic carbocycles. The van der Waals surface area contributed by atoms with Crippen LogP contribution in [0.15, 0.2) is 0 Å². The lowest BCUT2D eigenvalue weighted by Crippen LogP contribution is -2.66. The van der Waals surface area contributed by atoms with E-state index in [2.05, 4.69) is 44.8 Å². The zero-order valence-corrected chi connectivity index (χ0v) is 14.9. The van der Waals surface area contributed by atoms with E-state index < -0.39 is 0 Å². The molecule has 124 valence electrons. The SMILES string of the molecule is CCC1(CC)CNC(C(C)(C)C)CN1CCC1CCCO1. The van der Waals surface area contributed by atoms with Crippen molar-refractivity contribution in [1.29, 1.82) is 0 Å². The van der Waals surface area contributed by atoms with Gasteiger partial charge in [0.25, 0.3) is 0 Å². The van der Waals surface area contributed by atoms with E-state index in [4.69, 9.17) is 4.74 Å². The van der Waals surface area contributed by atoms with Gasteiger partial charge in [0, 0.05) is 37.8 Å². The predicted octanol–water partition coefficient (Wildman–Crippen LogP) is 3.43. The number of nitrogens with one attached hydrogen (secondary N) is 1. The van der Waals surface area contributed by atoms with Gasteiger partial charge in [-0.25, -0.2) is 0 Å². The quantitative estimate of drug-likeness (QED) is 0.841. The Balaban J connectivity index is 2.01. The van der Waals surface area contributed by atoms with E-state index in [1.165, 1.54) is 45.2 Å². The summed E-state index contributed by atoms with van der Waals surface area (Å²) in [6, 6.07) is 0.591. The summed E-state index contributed by atoms with van der Waals surface area (Å²) in [7, 11) is 0. The minimum absolute atomic E-state index is 0.329. The van der Waals surface area contributed by atoms with E-state index in [0.717, 1.165) is 13.2 Å². The van der Waals surface area contributed by atoms with Gasteiger partial charge in [-0.2, -0.15) is 0 Å². The molecule has 2 atom stereocenters. The van der Waals surface area contributed by atoms with Crippen molar-refractivity contribution in [3.63, 3.8) is 0 Å². The molecule has 2 fully saturated rings. The summed E-state index contributed by atoms with van der Waals surface area (Å²) in [5.41, 5.74) is 0.677. The molecule has 2 saturated heterocycles. The summed E-state index contributed by atoms with van der Waals surface area (Å²) in [6.45, 7) is 16.2. The Hall–Kier alpha value is -0.120. The summed E-state index contributed by atoms with van der Waals surface area (Å²) in [5.74, 6) is 0. The Morgan fingerprint density at radius 1 is 1.24 bits per heavy atom. The predicted molar refractivity (Wildman–Crippen MR) is 89.7 cm³/mol. The molecule has 2 rings (SSSR count). The maximum atomic E-state index is 5.83. The van der Waals surface area contributed by atoms with E-state index in [1.54, 1.807) is 0 Å². The molecular formula is C18H36N2O. The van der Waals surface area contributed by atoms with Gasteiger partial charge in [-0.1, -0.05) is 34.6 Å². The van der Waals surface area contributed by atoms with Crippen LogP contribution in [0.3, 0.4) is 0 Å². The molecule has 1 N–H and O–H groups in total. The van der Waals surface area contributed by atoms with Crippen molar-refractivity contribution >= 4 is 0 Å². The van der Waals surface area contributed by atoms with Crippen LogP contribution in [-0.4, -0.2) is 48.8 Å². The van der Waals surface area contributed by atoms with Crippen LogP contribution >= 0.6 is 0 Å². The van der Waals surface area contributed by atoms with Crippen molar-refractivity contribution < 1.29 is 4.74 Å². The maximum Gasteiger partial charge on any atom is 0.0588 e. The molecule has 2 aliphatic heterocycles. The summed E-state index contributed by atoms with van der Waals surface area (Å²) < 4.78 is 5.83. The van der Waals surface area contributed by atoms with E-state index in [9.17, 15) is 0 Å². The first-order chi connectivity index (χ1) is 9.91. The maximum absolute atomic E-state index is 5.83. The van der Waals surface area contributed by atoms with Crippen molar-refractivity contribution in [3.8, 4) is 0 Å². The average Bonchev–Trinajstić information content (AvgIpc) is 2.97. The fraction of sp³-hybridized carbons (Fsp3) is 1.00. The third-order valence-corrected chi connectivity index (χ3v) is 5.86. The highest BCUT2D eigenvalue weighted by Crippen LogP contribution is 2.32. The average molecular weight is 296 g/mol. The van der Waals surface area contributed by atoms with E-state index >= 15 is 0 Å². The number of hydrogen-bond donors (Lipinski definition) is 1. The second kappa shape index (κ2) is 6.97. The molecule has 0 amide bonds. The number of piperazine rings is 1. The molecule has 0 aromatic rings. The zero-order valence-electron chi connectivity index (χ0n) is 14.9. The van der Waals surface area contributed by atoms with Gasteiger partial charge in [0.1, 0.15) is 0 Å². The van der Waals surface area contributed by atoms with Gasteiger partial charge in [-0.3, -0.25) is 4.90 Å². The first kappa shape index (κ1) is 17.2. The molecular weight excluding hydrogens is 260 g/mol. The molecule has 0 saturated carbocycles. The van der Waals surface area contributed by atoms with Gasteiger partial charge in [0.2, 0.25) is 0 Å². The van der Waals surface area contributed by atoms with Gasteiger partial charge < -0.3 is 10.1 Å². The first-order valence-electron chi connectivity index (χ1n) is 9.01. The fourth-order valence-corrected chi connectivity index (χ4v) is 3.93. The second-order valence-corrected chi connectivity index (χ2v) is 8.10. The molecule has 3 nitrogen and oxygen atoms in total. The molecule has 0 bridgehead atoms. The van der Waals surface area contributed by atoms with E-state index in [0.29, 0.717) is 23.1 Å². The molecule has 2 unspecified atom stereocenters. The smallest absolute Gasteiger partial charge is 0.0588 e. The largest absolute Gasteiger partial charge is 0.378 e. The monoisotopic (exact) mass is 296 g/mol. The summed E-state index contributed by atoms with van der Waals surface area (Å²) in [4.78, 5) is 2.78. The van der Waals surface area contributed by atoms with Crippen LogP contribution < -0.4 is 5.32 Å². The van der Waals surface area contributed by atoms with Crippen molar-refractivity contribution in [3.05, 3.63) is 0 Å². The third kappa shape index (κ3) is 4.00. The van der Waals surface area contributed by atoms with Gasteiger partial charge >= 0.3 is 0 Å². The van der Waals surface area contributed by atoms with Crippen LogP contribution in [0.2, 0.25) is 0 Å². The molecule has 21 heavy (non-hydrogen) atoms. The molecule has 0 aromatic carbocycles. The number of ether oxygens (including phenoxy) is 1. The third-order valence-electron chi connectivity index (χ3n) is 5.86. The first-order valence-corrected chi connectivity index (χ1v) is 9.01. The number of rotatable bonds is 5. The van der Waals surface area contributed by atoms with Crippen LogP contribution in [0.1, 0.15) is 66.7 Å². The molecule has 3 heteroatoms. The van der Waals surface area contributed by atoms with Crippen LogP contribution in [0.25, 0.3) is 0 Å². The minimum Gasteiger partial charge on any atom is -0.378 e. The summed E-state index contributed by atoms with van der Waals surface area (Å²) in [6.07, 6.45) is 6.71. The van der Waals surface area contributed by atoms with Gasteiger partial charge in [-0.05, 0) is 37.5 Å². The Morgan fingerprint density at radius 3 is 2.48 bits per heavy atom. The standard InChI is InChI=1S/C18H36N2O/c1-6-18(7-2)14-19-16(17(3,4)5)13-20(18)11-10-15-9-8-12-21-15/h15-16,19H,6-14H2,1-5H3. The highest BCUT2D eigenvalue weighted by Gasteiger charge is 2.41. The molecule has 2 aliphatic rings. The van der Waals surface area contributed by atoms with Gasteiger partial charge in [0.15, 0.2) is 0 Å². The van der Waals surface area contributed by atoms with Crippen LogP contribution in [0.4, 0.5) is 0 Å². The van der Waals surface area contributed by atoms with Crippen molar-refractivity contribution in [1.82, 2.24) is 10.2 Å². The van der Waals surface area contributed by atoms with E-state index in [1.807, 2.05) is 0 Å². The minimum atomic E-state index is 0.329. The molecule has 0 radical (unpaired) electrons. The molecule has 0 spiro atoms. The van der Waals surface area contributed by atoms with Crippen molar-refractivity contribution in [2.75, 3.05) is 26.2 Å². The fourth-order valence-electron chi connectivity index (χ4n) is 3.93. The topological polar surface area (TPSA) is 24.5 Å². The van der Waals surface area contributed by atoms with Crippen LogP contribution in [0, 0.1) is 5.41 Å². The highest BCUT2D eigenvalue weighted by molar-refractivity contribution is 5.00. The number of nitrogens with zero attached hydrogens (tertiary/aromatic N) is 1. The molecule has 0 aromatic heterocycles. The van der Waals surface area contributed by atoms with Crippen LogP contribution in [-0.2, 0) is 4.74 Å². The van der Waals surface area contributed by atoms with Crippen molar-refractivity contribution in [2.45, 2.75) is 84.4 Å². The van der Waals surface area contributed by atoms with Crippen molar-refractivity contribution in [2.24, 2.45) is 5.41 Å². The van der Waals surface area contributed by atoms with Gasteiger partial charge in [0.05, 0.1) is 6.10 Å². The lowest BCUT2D eigenvalue weighted by molar-refractivity contribution is -0.00441. The lowest BCUT2D eigenvalue weighted by Gasteiger charge is -2.52. The number of hydrogen-bond acceptors (Lipinski definition) is 3. The Morgan fingerprint density at radius 2 is 1.95 bits per heavy atom. The summed E-state index contributed by atoms with van der Waals surface area (Å²) >= 11 is 0. The highest BCUT2D eigenvalue weighted by atomic mass is 16.5. The van der Waals surface area contributed by atoms with Gasteiger partial charge in [-0.15, -0.1) is 0 Å². The second-order valence-electron chi connectivity index (χ2n) is 8.10. The normalized spacial score (nSPS) is 30.7.